The summed E-state index contributed by atoms with van der Waals surface area (Å²) in [4.78, 5) is 4.60. The van der Waals surface area contributed by atoms with Gasteiger partial charge in [-0.05, 0) is 42.6 Å². The summed E-state index contributed by atoms with van der Waals surface area (Å²) in [6, 6.07) is 10.9. The average Bonchev–Trinajstić information content (AvgIpc) is 2.62. The summed E-state index contributed by atoms with van der Waals surface area (Å²) < 4.78 is 6.88. The van der Waals surface area contributed by atoms with Gasteiger partial charge in [-0.3, -0.25) is 4.98 Å². The quantitative estimate of drug-likeness (QED) is 0.318. The molecule has 0 spiro atoms. The first kappa shape index (κ1) is 22.1. The lowest BCUT2D eigenvalue weighted by Crippen LogP contribution is -2.45. The highest BCUT2D eigenvalue weighted by Crippen LogP contribution is 2.47. The van der Waals surface area contributed by atoms with Crippen molar-refractivity contribution >= 4 is 19.9 Å². The number of benzene rings is 1. The zero-order valence-corrected chi connectivity index (χ0v) is 19.5. The predicted octanol–water partition coefficient (Wildman–Crippen LogP) is 7.23. The van der Waals surface area contributed by atoms with Crippen LogP contribution in [-0.2, 0) is 10.0 Å². The molecule has 1 heterocycles. The Labute approximate surface area is 168 Å². The van der Waals surface area contributed by atoms with Gasteiger partial charge < -0.3 is 4.43 Å². The third-order valence-corrected chi connectivity index (χ3v) is 6.48. The Morgan fingerprint density at radius 1 is 0.963 bits per heavy atom. The largest absolute Gasteiger partial charge is 0.411 e. The second-order valence-corrected chi connectivity index (χ2v) is 11.5. The SMILES string of the molecule is CCCCCCCCC(O[SiH](C)C)(c1ccc2cccnc2c1)C(C)(C)C. The van der Waals surface area contributed by atoms with Crippen LogP contribution in [0, 0.1) is 5.41 Å². The van der Waals surface area contributed by atoms with Crippen molar-refractivity contribution in [3.8, 4) is 0 Å². The molecule has 0 radical (unpaired) electrons. The van der Waals surface area contributed by atoms with Crippen LogP contribution in [0.4, 0.5) is 0 Å². The van der Waals surface area contributed by atoms with E-state index in [-0.39, 0.29) is 11.0 Å². The Bertz CT molecular complexity index is 707. The van der Waals surface area contributed by atoms with E-state index in [2.05, 4.69) is 70.0 Å². The number of pyridine rings is 1. The molecule has 150 valence electrons. The van der Waals surface area contributed by atoms with Crippen molar-refractivity contribution in [1.82, 2.24) is 4.98 Å². The highest BCUT2D eigenvalue weighted by atomic mass is 28.3. The van der Waals surface area contributed by atoms with E-state index >= 15 is 0 Å². The van der Waals surface area contributed by atoms with Crippen LogP contribution < -0.4 is 0 Å². The molecule has 1 unspecified atom stereocenters. The van der Waals surface area contributed by atoms with Crippen molar-refractivity contribution < 1.29 is 4.43 Å². The number of aromatic nitrogens is 1. The van der Waals surface area contributed by atoms with Crippen molar-refractivity contribution in [2.45, 2.75) is 91.3 Å². The molecule has 0 fully saturated rings. The molecule has 1 aromatic heterocycles. The Hall–Kier alpha value is -1.19. The summed E-state index contributed by atoms with van der Waals surface area (Å²) in [5, 5.41) is 1.20. The summed E-state index contributed by atoms with van der Waals surface area (Å²) in [5.41, 5.74) is 2.18. The van der Waals surface area contributed by atoms with E-state index in [9.17, 15) is 0 Å². The maximum absolute atomic E-state index is 6.88. The van der Waals surface area contributed by atoms with E-state index in [1.807, 2.05) is 12.3 Å². The van der Waals surface area contributed by atoms with Gasteiger partial charge in [0.15, 0.2) is 9.04 Å². The van der Waals surface area contributed by atoms with Gasteiger partial charge in [-0.25, -0.2) is 0 Å². The zero-order valence-electron chi connectivity index (χ0n) is 18.3. The normalized spacial score (nSPS) is 14.6. The maximum Gasteiger partial charge on any atom is 0.172 e. The third-order valence-electron chi connectivity index (χ3n) is 5.60. The van der Waals surface area contributed by atoms with Crippen LogP contribution >= 0.6 is 0 Å². The Morgan fingerprint density at radius 3 is 2.33 bits per heavy atom. The first-order valence-corrected chi connectivity index (χ1v) is 13.6. The molecule has 0 aliphatic rings. The first-order valence-electron chi connectivity index (χ1n) is 10.8. The summed E-state index contributed by atoms with van der Waals surface area (Å²) in [6.45, 7) is 13.9. The van der Waals surface area contributed by atoms with Gasteiger partial charge in [-0.15, -0.1) is 0 Å². The van der Waals surface area contributed by atoms with Crippen molar-refractivity contribution in [2.24, 2.45) is 5.41 Å². The van der Waals surface area contributed by atoms with Gasteiger partial charge in [-0.2, -0.15) is 0 Å². The minimum absolute atomic E-state index is 0.0378. The van der Waals surface area contributed by atoms with Crippen molar-refractivity contribution in [3.63, 3.8) is 0 Å². The summed E-state index contributed by atoms with van der Waals surface area (Å²) in [6.07, 6.45) is 10.9. The molecule has 0 saturated carbocycles. The standard InChI is InChI=1S/C24H39NOSi/c1-7-8-9-10-11-12-17-24(23(2,3)4,26-27(5)6)21-16-15-20-14-13-18-25-22(20)19-21/h13-16,18-19,27H,7-12,17H2,1-6H3. The fourth-order valence-electron chi connectivity index (χ4n) is 4.13. The van der Waals surface area contributed by atoms with Crippen molar-refractivity contribution in [2.75, 3.05) is 0 Å². The second kappa shape index (κ2) is 9.84. The van der Waals surface area contributed by atoms with Gasteiger partial charge in [0.1, 0.15) is 0 Å². The van der Waals surface area contributed by atoms with Gasteiger partial charge >= 0.3 is 0 Å². The molecule has 27 heavy (non-hydrogen) atoms. The maximum atomic E-state index is 6.88. The topological polar surface area (TPSA) is 22.1 Å². The van der Waals surface area contributed by atoms with Gasteiger partial charge in [0.05, 0.1) is 11.1 Å². The number of hydrogen-bond acceptors (Lipinski definition) is 2. The number of rotatable bonds is 10. The van der Waals surface area contributed by atoms with Gasteiger partial charge in [0, 0.05) is 11.6 Å². The highest BCUT2D eigenvalue weighted by Gasteiger charge is 2.44. The summed E-state index contributed by atoms with van der Waals surface area (Å²) in [7, 11) is -1.22. The smallest absolute Gasteiger partial charge is 0.172 e. The molecule has 0 aliphatic heterocycles. The molecular formula is C24H39NOSi. The Kier molecular flexibility index (Phi) is 8.05. The number of unbranched alkanes of at least 4 members (excludes halogenated alkanes) is 5. The monoisotopic (exact) mass is 385 g/mol. The first-order chi connectivity index (χ1) is 12.8. The van der Waals surface area contributed by atoms with Crippen LogP contribution in [0.25, 0.3) is 10.9 Å². The Morgan fingerprint density at radius 2 is 1.67 bits per heavy atom. The van der Waals surface area contributed by atoms with Crippen LogP contribution in [0.3, 0.4) is 0 Å². The van der Waals surface area contributed by atoms with E-state index in [1.165, 1.54) is 49.5 Å². The van der Waals surface area contributed by atoms with Crippen LogP contribution in [-0.4, -0.2) is 14.0 Å². The fourth-order valence-corrected chi connectivity index (χ4v) is 5.54. The van der Waals surface area contributed by atoms with Crippen LogP contribution in [0.1, 0.15) is 78.2 Å². The van der Waals surface area contributed by atoms with Gasteiger partial charge in [-0.1, -0.05) is 84.4 Å². The second-order valence-electron chi connectivity index (χ2n) is 9.17. The lowest BCUT2D eigenvalue weighted by atomic mass is 9.69. The predicted molar refractivity (Wildman–Crippen MR) is 121 cm³/mol. The average molecular weight is 386 g/mol. The summed E-state index contributed by atoms with van der Waals surface area (Å²) in [5.74, 6) is 0. The highest BCUT2D eigenvalue weighted by molar-refractivity contribution is 6.48. The lowest BCUT2D eigenvalue weighted by molar-refractivity contribution is -0.0505. The van der Waals surface area contributed by atoms with Crippen molar-refractivity contribution in [3.05, 3.63) is 42.1 Å². The molecule has 0 aliphatic carbocycles. The van der Waals surface area contributed by atoms with Gasteiger partial charge in [0.2, 0.25) is 0 Å². The summed E-state index contributed by atoms with van der Waals surface area (Å²) >= 11 is 0. The van der Waals surface area contributed by atoms with Gasteiger partial charge in [0.25, 0.3) is 0 Å². The number of nitrogens with zero attached hydrogens (tertiary/aromatic N) is 1. The van der Waals surface area contributed by atoms with E-state index < -0.39 is 9.04 Å². The third kappa shape index (κ3) is 5.65. The van der Waals surface area contributed by atoms with E-state index in [4.69, 9.17) is 4.43 Å². The molecular weight excluding hydrogens is 346 g/mol. The van der Waals surface area contributed by atoms with E-state index in [0.29, 0.717) is 0 Å². The molecule has 0 amide bonds. The molecule has 2 aromatic rings. The molecule has 3 heteroatoms. The van der Waals surface area contributed by atoms with E-state index in [1.54, 1.807) is 0 Å². The van der Waals surface area contributed by atoms with E-state index in [0.717, 1.165) is 11.9 Å². The molecule has 1 atom stereocenters. The molecule has 2 nitrogen and oxygen atoms in total. The lowest BCUT2D eigenvalue weighted by Gasteiger charge is -2.47. The number of fused-ring (bicyclic) bond motifs is 1. The van der Waals surface area contributed by atoms with Crippen molar-refractivity contribution in [1.29, 1.82) is 0 Å². The molecule has 2 rings (SSSR count). The fraction of sp³-hybridized carbons (Fsp3) is 0.625. The van der Waals surface area contributed by atoms with Crippen LogP contribution in [0.2, 0.25) is 13.1 Å². The molecule has 0 N–H and O–H groups in total. The molecule has 0 saturated heterocycles. The van der Waals surface area contributed by atoms with Crippen LogP contribution in [0.15, 0.2) is 36.5 Å². The minimum Gasteiger partial charge on any atom is -0.411 e. The zero-order chi connectivity index (χ0) is 19.9. The number of hydrogen-bond donors (Lipinski definition) is 0. The van der Waals surface area contributed by atoms with Crippen LogP contribution in [0.5, 0.6) is 0 Å². The molecule has 1 aromatic carbocycles. The minimum atomic E-state index is -1.22. The molecule has 0 bridgehead atoms. The Balaban J connectivity index is 2.34.